The number of nitrogens with one attached hydrogen (secondary N) is 1. The van der Waals surface area contributed by atoms with Crippen LogP contribution in [-0.4, -0.2) is 26.8 Å². The van der Waals surface area contributed by atoms with Gasteiger partial charge < -0.3 is 5.32 Å². The van der Waals surface area contributed by atoms with E-state index in [2.05, 4.69) is 20.8 Å². The van der Waals surface area contributed by atoms with Gasteiger partial charge in [0.05, 0.1) is 11.4 Å². The Labute approximate surface area is 123 Å². The number of rotatable bonds is 5. The van der Waals surface area contributed by atoms with Crippen molar-refractivity contribution in [3.05, 3.63) is 30.3 Å². The van der Waals surface area contributed by atoms with Crippen LogP contribution in [0.2, 0.25) is 0 Å². The van der Waals surface area contributed by atoms with Crippen LogP contribution in [0.1, 0.15) is 38.5 Å². The molecule has 0 bridgehead atoms. The molecule has 0 radical (unpaired) electrons. The van der Waals surface area contributed by atoms with Crippen molar-refractivity contribution in [1.29, 1.82) is 0 Å². The first-order valence-electron chi connectivity index (χ1n) is 7.60. The molecule has 1 fully saturated rings. The molecule has 6 heteroatoms. The lowest BCUT2D eigenvalue weighted by atomic mass is 9.87. The van der Waals surface area contributed by atoms with E-state index in [9.17, 15) is 4.39 Å². The van der Waals surface area contributed by atoms with Gasteiger partial charge in [-0.15, -0.1) is 5.10 Å². The summed E-state index contributed by atoms with van der Waals surface area (Å²) in [6.07, 6.45) is 9.28. The summed E-state index contributed by atoms with van der Waals surface area (Å²) in [7, 11) is 0. The van der Waals surface area contributed by atoms with E-state index in [1.165, 1.54) is 49.2 Å². The van der Waals surface area contributed by atoms with E-state index in [1.54, 1.807) is 12.1 Å². The van der Waals surface area contributed by atoms with E-state index in [0.717, 1.165) is 24.6 Å². The Morgan fingerprint density at radius 1 is 1.24 bits per heavy atom. The van der Waals surface area contributed by atoms with Gasteiger partial charge in [0.25, 0.3) is 0 Å². The molecule has 1 aromatic heterocycles. The Morgan fingerprint density at radius 2 is 2.10 bits per heavy atom. The molecular formula is C15H20FN5. The zero-order valence-corrected chi connectivity index (χ0v) is 12.0. The Kier molecular flexibility index (Phi) is 4.43. The van der Waals surface area contributed by atoms with Crippen molar-refractivity contribution < 1.29 is 4.39 Å². The van der Waals surface area contributed by atoms with E-state index >= 15 is 0 Å². The predicted molar refractivity (Wildman–Crippen MR) is 78.8 cm³/mol. The number of anilines is 1. The minimum absolute atomic E-state index is 0.240. The SMILES string of the molecule is Fc1ccc(-n2cnnn2)cc1NCCC1CCCCC1. The summed E-state index contributed by atoms with van der Waals surface area (Å²) in [6.45, 7) is 0.806. The third-order valence-corrected chi connectivity index (χ3v) is 4.16. The second-order valence-corrected chi connectivity index (χ2v) is 5.64. The van der Waals surface area contributed by atoms with Crippen molar-refractivity contribution in [3.63, 3.8) is 0 Å². The zero-order valence-electron chi connectivity index (χ0n) is 12.0. The molecule has 0 amide bonds. The highest BCUT2D eigenvalue weighted by molar-refractivity contribution is 5.51. The van der Waals surface area contributed by atoms with Crippen molar-refractivity contribution in [2.45, 2.75) is 38.5 Å². The summed E-state index contributed by atoms with van der Waals surface area (Å²) in [4.78, 5) is 0. The van der Waals surface area contributed by atoms with Crippen molar-refractivity contribution in [3.8, 4) is 5.69 Å². The molecule has 112 valence electrons. The normalized spacial score (nSPS) is 16.0. The molecule has 0 atom stereocenters. The Hall–Kier alpha value is -1.98. The highest BCUT2D eigenvalue weighted by atomic mass is 19.1. The smallest absolute Gasteiger partial charge is 0.146 e. The summed E-state index contributed by atoms with van der Waals surface area (Å²) in [5.41, 5.74) is 1.26. The first-order chi connectivity index (χ1) is 10.3. The van der Waals surface area contributed by atoms with Crippen LogP contribution in [0.4, 0.5) is 10.1 Å². The van der Waals surface area contributed by atoms with E-state index < -0.39 is 0 Å². The van der Waals surface area contributed by atoms with Crippen LogP contribution in [0.3, 0.4) is 0 Å². The summed E-state index contributed by atoms with van der Waals surface area (Å²) in [5, 5.41) is 14.2. The Morgan fingerprint density at radius 3 is 2.86 bits per heavy atom. The number of hydrogen-bond donors (Lipinski definition) is 1. The number of tetrazole rings is 1. The molecule has 0 unspecified atom stereocenters. The molecule has 0 spiro atoms. The van der Waals surface area contributed by atoms with Gasteiger partial charge in [-0.2, -0.15) is 0 Å². The third-order valence-electron chi connectivity index (χ3n) is 4.16. The van der Waals surface area contributed by atoms with Crippen molar-refractivity contribution in [2.24, 2.45) is 5.92 Å². The summed E-state index contributed by atoms with van der Waals surface area (Å²) < 4.78 is 15.4. The summed E-state index contributed by atoms with van der Waals surface area (Å²) >= 11 is 0. The molecule has 3 rings (SSSR count). The average Bonchev–Trinajstić information content (AvgIpc) is 3.04. The second-order valence-electron chi connectivity index (χ2n) is 5.64. The standard InChI is InChI=1S/C15H20FN5/c16-14-7-6-13(21-11-18-19-20-21)10-15(14)17-9-8-12-4-2-1-3-5-12/h6-7,10-12,17H,1-5,8-9H2. The summed E-state index contributed by atoms with van der Waals surface area (Å²) in [6, 6.07) is 4.85. The molecule has 1 N–H and O–H groups in total. The molecule has 0 saturated heterocycles. The predicted octanol–water partition coefficient (Wildman–Crippen LogP) is 3.18. The maximum atomic E-state index is 13.9. The number of benzene rings is 1. The zero-order chi connectivity index (χ0) is 14.5. The maximum Gasteiger partial charge on any atom is 0.146 e. The van der Waals surface area contributed by atoms with Crippen molar-refractivity contribution in [2.75, 3.05) is 11.9 Å². The number of hydrogen-bond acceptors (Lipinski definition) is 4. The van der Waals surface area contributed by atoms with E-state index in [4.69, 9.17) is 0 Å². The van der Waals surface area contributed by atoms with Gasteiger partial charge in [0.2, 0.25) is 0 Å². The highest BCUT2D eigenvalue weighted by Gasteiger charge is 2.13. The van der Waals surface area contributed by atoms with Crippen LogP contribution in [0, 0.1) is 11.7 Å². The monoisotopic (exact) mass is 289 g/mol. The van der Waals surface area contributed by atoms with Gasteiger partial charge in [0.1, 0.15) is 12.1 Å². The first kappa shape index (κ1) is 14.0. The molecule has 1 saturated carbocycles. The van der Waals surface area contributed by atoms with Crippen LogP contribution in [-0.2, 0) is 0 Å². The molecule has 2 aromatic rings. The first-order valence-corrected chi connectivity index (χ1v) is 7.60. The van der Waals surface area contributed by atoms with E-state index in [-0.39, 0.29) is 5.82 Å². The van der Waals surface area contributed by atoms with Gasteiger partial charge in [-0.3, -0.25) is 0 Å². The molecular weight excluding hydrogens is 269 g/mol. The molecule has 1 aliphatic rings. The largest absolute Gasteiger partial charge is 0.383 e. The maximum absolute atomic E-state index is 13.9. The highest BCUT2D eigenvalue weighted by Crippen LogP contribution is 2.26. The number of nitrogens with zero attached hydrogens (tertiary/aromatic N) is 4. The van der Waals surface area contributed by atoms with Crippen LogP contribution in [0.15, 0.2) is 24.5 Å². The lowest BCUT2D eigenvalue weighted by Crippen LogP contribution is -2.13. The summed E-state index contributed by atoms with van der Waals surface area (Å²) in [5.74, 6) is 0.549. The molecule has 5 nitrogen and oxygen atoms in total. The fourth-order valence-corrected chi connectivity index (χ4v) is 2.96. The minimum Gasteiger partial charge on any atom is -0.383 e. The number of halogens is 1. The Bertz CT molecular complexity index is 563. The lowest BCUT2D eigenvalue weighted by molar-refractivity contribution is 0.345. The van der Waals surface area contributed by atoms with E-state index in [1.807, 2.05) is 0 Å². The molecule has 1 aromatic carbocycles. The quantitative estimate of drug-likeness (QED) is 0.918. The fourth-order valence-electron chi connectivity index (χ4n) is 2.96. The third kappa shape index (κ3) is 3.56. The fraction of sp³-hybridized carbons (Fsp3) is 0.533. The van der Waals surface area contributed by atoms with Gasteiger partial charge in [0.15, 0.2) is 0 Å². The van der Waals surface area contributed by atoms with Crippen molar-refractivity contribution >= 4 is 5.69 Å². The molecule has 21 heavy (non-hydrogen) atoms. The number of aromatic nitrogens is 4. The molecule has 0 aliphatic heterocycles. The molecule has 1 aliphatic carbocycles. The lowest BCUT2D eigenvalue weighted by Gasteiger charge is -2.21. The van der Waals surface area contributed by atoms with Crippen molar-refractivity contribution in [1.82, 2.24) is 20.2 Å². The minimum atomic E-state index is -0.240. The van der Waals surface area contributed by atoms with Crippen LogP contribution >= 0.6 is 0 Å². The van der Waals surface area contributed by atoms with Gasteiger partial charge in [-0.25, -0.2) is 9.07 Å². The van der Waals surface area contributed by atoms with Gasteiger partial charge in [-0.1, -0.05) is 32.1 Å². The molecule has 1 heterocycles. The second kappa shape index (κ2) is 6.65. The Balaban J connectivity index is 1.60. The average molecular weight is 289 g/mol. The van der Waals surface area contributed by atoms with Gasteiger partial charge >= 0.3 is 0 Å². The van der Waals surface area contributed by atoms with Gasteiger partial charge in [-0.05, 0) is 41.0 Å². The van der Waals surface area contributed by atoms with Crippen LogP contribution in [0.25, 0.3) is 5.69 Å². The topological polar surface area (TPSA) is 55.6 Å². The van der Waals surface area contributed by atoms with Gasteiger partial charge in [0, 0.05) is 6.54 Å². The van der Waals surface area contributed by atoms with Crippen LogP contribution < -0.4 is 5.32 Å². The van der Waals surface area contributed by atoms with Crippen LogP contribution in [0.5, 0.6) is 0 Å². The van der Waals surface area contributed by atoms with E-state index in [0.29, 0.717) is 5.69 Å².